The van der Waals surface area contributed by atoms with Crippen LogP contribution in [0.3, 0.4) is 0 Å². The first kappa shape index (κ1) is 22.0. The standard InChI is InChI=1S/C22H34N4O2/c1-8-20(23)26(7)14-18-11-19(25-28-18)16(3)13-22(9-10-22)21(5,24-6)12-15(2)17(4)27/h11,16,24H,1-2,9-10,12-14,23H2,3-7H3/t16-,21?/m0/s1. The van der Waals surface area contributed by atoms with Crippen LogP contribution in [0.4, 0.5) is 0 Å². The van der Waals surface area contributed by atoms with Gasteiger partial charge in [-0.15, -0.1) is 0 Å². The molecule has 1 fully saturated rings. The number of nitrogens with two attached hydrogens (primary N) is 1. The van der Waals surface area contributed by atoms with Crippen molar-refractivity contribution in [2.75, 3.05) is 14.1 Å². The van der Waals surface area contributed by atoms with Crippen LogP contribution < -0.4 is 11.1 Å². The van der Waals surface area contributed by atoms with E-state index in [2.05, 4.69) is 43.2 Å². The average molecular weight is 387 g/mol. The van der Waals surface area contributed by atoms with Gasteiger partial charge in [-0.25, -0.2) is 0 Å². The Balaban J connectivity index is 2.09. The highest BCUT2D eigenvalue weighted by molar-refractivity contribution is 5.92. The van der Waals surface area contributed by atoms with E-state index in [9.17, 15) is 4.79 Å². The Morgan fingerprint density at radius 3 is 2.71 bits per heavy atom. The molecule has 1 aliphatic carbocycles. The number of nitrogens with one attached hydrogen (secondary N) is 1. The molecule has 0 radical (unpaired) electrons. The van der Waals surface area contributed by atoms with Gasteiger partial charge in [0.05, 0.1) is 12.2 Å². The van der Waals surface area contributed by atoms with Gasteiger partial charge >= 0.3 is 0 Å². The Morgan fingerprint density at radius 1 is 1.57 bits per heavy atom. The lowest BCUT2D eigenvalue weighted by Crippen LogP contribution is -2.49. The third kappa shape index (κ3) is 4.57. The second kappa shape index (κ2) is 8.38. The summed E-state index contributed by atoms with van der Waals surface area (Å²) < 4.78 is 5.51. The molecule has 154 valence electrons. The number of Topliss-reactive ketones (excluding diaryl/α,β-unsaturated/α-hetero) is 1. The molecule has 6 heteroatoms. The number of carbonyl (C=O) groups is 1. The average Bonchev–Trinajstić information content (AvgIpc) is 3.30. The molecule has 0 amide bonds. The number of aromatic nitrogens is 1. The fraction of sp³-hybridized carbons (Fsp3) is 0.591. The van der Waals surface area contributed by atoms with Crippen molar-refractivity contribution in [3.05, 3.63) is 47.8 Å². The highest BCUT2D eigenvalue weighted by Gasteiger charge is 2.56. The van der Waals surface area contributed by atoms with Crippen LogP contribution in [0.2, 0.25) is 0 Å². The molecule has 1 aromatic heterocycles. The topological polar surface area (TPSA) is 84.4 Å². The van der Waals surface area contributed by atoms with Gasteiger partial charge in [0.25, 0.3) is 0 Å². The summed E-state index contributed by atoms with van der Waals surface area (Å²) in [6.07, 6.45) is 3.90. The highest BCUT2D eigenvalue weighted by Crippen LogP contribution is 2.60. The molecule has 0 aromatic carbocycles. The van der Waals surface area contributed by atoms with Crippen molar-refractivity contribution in [1.82, 2.24) is 15.4 Å². The second-order valence-corrected chi connectivity index (χ2v) is 8.44. The number of nitrogens with zero attached hydrogens (tertiary/aromatic N) is 2. The van der Waals surface area contributed by atoms with E-state index in [-0.39, 0.29) is 22.7 Å². The van der Waals surface area contributed by atoms with Crippen LogP contribution in [0.25, 0.3) is 0 Å². The van der Waals surface area contributed by atoms with E-state index in [4.69, 9.17) is 10.3 Å². The van der Waals surface area contributed by atoms with Crippen LogP contribution in [0.15, 0.2) is 40.9 Å². The van der Waals surface area contributed by atoms with E-state index in [1.807, 2.05) is 25.1 Å². The predicted octanol–water partition coefficient (Wildman–Crippen LogP) is 3.48. The summed E-state index contributed by atoms with van der Waals surface area (Å²) in [7, 11) is 3.83. The Labute approximate surface area is 168 Å². The maximum Gasteiger partial charge on any atom is 0.156 e. The minimum atomic E-state index is -0.167. The van der Waals surface area contributed by atoms with E-state index in [1.165, 1.54) is 0 Å². The van der Waals surface area contributed by atoms with E-state index in [0.29, 0.717) is 24.4 Å². The molecule has 3 N–H and O–H groups in total. The normalized spacial score (nSPS) is 17.9. The lowest BCUT2D eigenvalue weighted by molar-refractivity contribution is -0.113. The van der Waals surface area contributed by atoms with Gasteiger partial charge in [-0.05, 0) is 57.6 Å². The first-order valence-corrected chi connectivity index (χ1v) is 9.77. The minimum absolute atomic E-state index is 0.0587. The fourth-order valence-electron chi connectivity index (χ4n) is 4.00. The monoisotopic (exact) mass is 386 g/mol. The quantitative estimate of drug-likeness (QED) is 0.447. The molecule has 1 unspecified atom stereocenters. The van der Waals surface area contributed by atoms with E-state index in [0.717, 1.165) is 30.7 Å². The largest absolute Gasteiger partial charge is 0.379 e. The fourth-order valence-corrected chi connectivity index (χ4v) is 4.00. The zero-order valence-corrected chi connectivity index (χ0v) is 17.9. The lowest BCUT2D eigenvalue weighted by atomic mass is 9.72. The summed E-state index contributed by atoms with van der Waals surface area (Å²) in [5, 5.41) is 7.76. The third-order valence-corrected chi connectivity index (χ3v) is 6.41. The Morgan fingerprint density at radius 2 is 2.21 bits per heavy atom. The smallest absolute Gasteiger partial charge is 0.156 e. The molecule has 2 atom stereocenters. The number of hydrogen-bond acceptors (Lipinski definition) is 6. The van der Waals surface area contributed by atoms with E-state index in [1.54, 1.807) is 6.92 Å². The molecular formula is C22H34N4O2. The molecule has 1 aliphatic rings. The van der Waals surface area contributed by atoms with Gasteiger partial charge in [0, 0.05) is 24.6 Å². The number of hydrogen-bond donors (Lipinski definition) is 2. The van der Waals surface area contributed by atoms with Crippen molar-refractivity contribution in [1.29, 1.82) is 0 Å². The summed E-state index contributed by atoms with van der Waals surface area (Å²) in [4.78, 5) is 13.5. The first-order chi connectivity index (χ1) is 13.1. The van der Waals surface area contributed by atoms with Gasteiger partial charge in [0.1, 0.15) is 5.82 Å². The van der Waals surface area contributed by atoms with Gasteiger partial charge in [-0.1, -0.05) is 31.0 Å². The number of rotatable bonds is 11. The predicted molar refractivity (Wildman–Crippen MR) is 111 cm³/mol. The maximum absolute atomic E-state index is 11.7. The van der Waals surface area contributed by atoms with Gasteiger partial charge in [0.15, 0.2) is 11.5 Å². The molecule has 1 saturated carbocycles. The van der Waals surface area contributed by atoms with Gasteiger partial charge < -0.3 is 20.5 Å². The molecule has 1 heterocycles. The van der Waals surface area contributed by atoms with Gasteiger partial charge in [-0.3, -0.25) is 4.79 Å². The summed E-state index contributed by atoms with van der Waals surface area (Å²) in [6.45, 7) is 14.0. The van der Waals surface area contributed by atoms with Crippen molar-refractivity contribution < 1.29 is 9.32 Å². The molecule has 0 spiro atoms. The molecule has 6 nitrogen and oxygen atoms in total. The third-order valence-electron chi connectivity index (χ3n) is 6.41. The summed E-state index contributed by atoms with van der Waals surface area (Å²) in [5.74, 6) is 1.53. The van der Waals surface area contributed by atoms with Gasteiger partial charge in [-0.2, -0.15) is 0 Å². The maximum atomic E-state index is 11.7. The number of ketones is 1. The van der Waals surface area contributed by atoms with Crippen molar-refractivity contribution >= 4 is 5.78 Å². The Hall–Kier alpha value is -2.30. The van der Waals surface area contributed by atoms with Crippen molar-refractivity contribution in [2.24, 2.45) is 11.1 Å². The highest BCUT2D eigenvalue weighted by atomic mass is 16.5. The molecule has 1 aromatic rings. The zero-order valence-electron chi connectivity index (χ0n) is 17.9. The van der Waals surface area contributed by atoms with Gasteiger partial charge in [0.2, 0.25) is 0 Å². The molecule has 2 rings (SSSR count). The van der Waals surface area contributed by atoms with Crippen LogP contribution in [0, 0.1) is 5.41 Å². The van der Waals surface area contributed by atoms with Crippen LogP contribution in [-0.2, 0) is 11.3 Å². The minimum Gasteiger partial charge on any atom is -0.379 e. The molecule has 0 bridgehead atoms. The van der Waals surface area contributed by atoms with Crippen LogP contribution in [0.1, 0.15) is 63.8 Å². The number of carbonyl (C=O) groups excluding carboxylic acids is 1. The van der Waals surface area contributed by atoms with Crippen molar-refractivity contribution in [3.63, 3.8) is 0 Å². The lowest BCUT2D eigenvalue weighted by Gasteiger charge is -2.40. The van der Waals surface area contributed by atoms with Crippen molar-refractivity contribution in [3.8, 4) is 0 Å². The molecule has 0 aliphatic heterocycles. The second-order valence-electron chi connectivity index (χ2n) is 8.44. The van der Waals surface area contributed by atoms with Crippen LogP contribution in [0.5, 0.6) is 0 Å². The van der Waals surface area contributed by atoms with Crippen molar-refractivity contribution in [2.45, 2.75) is 64.5 Å². The Kier molecular flexibility index (Phi) is 6.58. The zero-order chi connectivity index (χ0) is 21.1. The molecule has 28 heavy (non-hydrogen) atoms. The molecular weight excluding hydrogens is 352 g/mol. The van der Waals surface area contributed by atoms with E-state index < -0.39 is 0 Å². The first-order valence-electron chi connectivity index (χ1n) is 9.77. The summed E-state index contributed by atoms with van der Waals surface area (Å²) >= 11 is 0. The van der Waals surface area contributed by atoms with E-state index >= 15 is 0 Å². The summed E-state index contributed by atoms with van der Waals surface area (Å²) in [5.41, 5.74) is 10.1. The SMILES string of the molecule is C=C=C(N)N(C)Cc1cc([C@@H](C)CC2(C(C)(CC(=C)C(C)=O)NC)CC2)no1. The van der Waals surface area contributed by atoms with Crippen LogP contribution in [-0.4, -0.2) is 35.5 Å². The Bertz CT molecular complexity index is 786. The molecule has 0 saturated heterocycles. The summed E-state index contributed by atoms with van der Waals surface area (Å²) in [6, 6.07) is 2.00. The van der Waals surface area contributed by atoms with Crippen LogP contribution >= 0.6 is 0 Å².